The molecular weight excluding hydrogens is 936 g/mol. The fourth-order valence-electron chi connectivity index (χ4n) is 10.3. The fourth-order valence-corrected chi connectivity index (χ4v) is 11.1. The molecule has 74 heavy (non-hydrogen) atoms. The molecule has 3 N–H and O–H groups in total. The van der Waals surface area contributed by atoms with Gasteiger partial charge in [-0.05, 0) is 19.3 Å². The molecule has 0 aliphatic carbocycles. The van der Waals surface area contributed by atoms with E-state index in [9.17, 15) is 19.4 Å². The number of nitrogens with one attached hydrogen (secondary N) is 1. The third-order valence-electron chi connectivity index (χ3n) is 15.5. The van der Waals surface area contributed by atoms with Gasteiger partial charge < -0.3 is 19.8 Å². The van der Waals surface area contributed by atoms with Crippen LogP contribution in [0.25, 0.3) is 0 Å². The number of unbranched alkanes of at least 4 members (excludes halogenated alkanes) is 49. The number of quaternary nitrogens is 1. The summed E-state index contributed by atoms with van der Waals surface area (Å²) in [5, 5.41) is 14.0. The predicted octanol–water partition coefficient (Wildman–Crippen LogP) is 20.6. The van der Waals surface area contributed by atoms with Crippen molar-refractivity contribution in [2.45, 2.75) is 360 Å². The minimum Gasteiger partial charge on any atom is -0.387 e. The Morgan fingerprint density at radius 2 is 0.716 bits per heavy atom. The summed E-state index contributed by atoms with van der Waals surface area (Å²) in [5.41, 5.74) is 0. The second-order valence-electron chi connectivity index (χ2n) is 24.2. The van der Waals surface area contributed by atoms with Crippen molar-refractivity contribution in [3.05, 3.63) is 12.2 Å². The molecule has 8 nitrogen and oxygen atoms in total. The van der Waals surface area contributed by atoms with Crippen molar-refractivity contribution in [2.24, 2.45) is 0 Å². The van der Waals surface area contributed by atoms with E-state index >= 15 is 0 Å². The zero-order valence-electron chi connectivity index (χ0n) is 50.6. The van der Waals surface area contributed by atoms with Crippen molar-refractivity contribution in [3.63, 3.8) is 0 Å². The average molecular weight is 1070 g/mol. The number of carbonyl (C=O) groups excluding carboxylic acids is 1. The van der Waals surface area contributed by atoms with Gasteiger partial charge in [0.2, 0.25) is 5.91 Å². The van der Waals surface area contributed by atoms with E-state index in [1.165, 1.54) is 295 Å². The summed E-state index contributed by atoms with van der Waals surface area (Å²) >= 11 is 0. The van der Waals surface area contributed by atoms with E-state index in [0.717, 1.165) is 32.1 Å². The number of aliphatic hydroxyl groups is 1. The first-order chi connectivity index (χ1) is 36.0. The van der Waals surface area contributed by atoms with E-state index in [1.54, 1.807) is 6.08 Å². The Labute approximate surface area is 462 Å². The second-order valence-corrected chi connectivity index (χ2v) is 25.7. The van der Waals surface area contributed by atoms with Crippen LogP contribution >= 0.6 is 7.82 Å². The number of phosphoric acid groups is 1. The molecule has 0 rings (SSSR count). The Kier molecular flexibility index (Phi) is 56.4. The molecule has 0 aliphatic heterocycles. The van der Waals surface area contributed by atoms with E-state index in [0.29, 0.717) is 17.4 Å². The lowest BCUT2D eigenvalue weighted by Crippen LogP contribution is -2.45. The minimum atomic E-state index is -4.35. The van der Waals surface area contributed by atoms with Crippen LogP contribution in [0.3, 0.4) is 0 Å². The van der Waals surface area contributed by atoms with Crippen LogP contribution in [0.4, 0.5) is 0 Å². The van der Waals surface area contributed by atoms with Crippen LogP contribution in [0, 0.1) is 0 Å². The minimum absolute atomic E-state index is 0.0654. The van der Waals surface area contributed by atoms with E-state index in [-0.39, 0.29) is 19.1 Å². The molecule has 0 aromatic carbocycles. The number of phosphoric ester groups is 1. The van der Waals surface area contributed by atoms with E-state index in [2.05, 4.69) is 19.2 Å². The number of hydrogen-bond acceptors (Lipinski definition) is 5. The second kappa shape index (κ2) is 56.9. The number of amides is 1. The van der Waals surface area contributed by atoms with Gasteiger partial charge in [0.15, 0.2) is 0 Å². The molecule has 0 bridgehead atoms. The van der Waals surface area contributed by atoms with Crippen molar-refractivity contribution < 1.29 is 32.9 Å². The molecule has 0 spiro atoms. The molecule has 9 heteroatoms. The van der Waals surface area contributed by atoms with Crippen LogP contribution < -0.4 is 5.32 Å². The van der Waals surface area contributed by atoms with Gasteiger partial charge in [-0.15, -0.1) is 0 Å². The molecule has 0 aromatic rings. The van der Waals surface area contributed by atoms with Crippen LogP contribution in [0.5, 0.6) is 0 Å². The van der Waals surface area contributed by atoms with E-state index < -0.39 is 20.0 Å². The Bertz CT molecular complexity index is 1210. The highest BCUT2D eigenvalue weighted by molar-refractivity contribution is 7.47. The van der Waals surface area contributed by atoms with Crippen molar-refractivity contribution in [2.75, 3.05) is 40.9 Å². The smallest absolute Gasteiger partial charge is 0.387 e. The van der Waals surface area contributed by atoms with Crippen LogP contribution in [0.1, 0.15) is 348 Å². The summed E-state index contributed by atoms with van der Waals surface area (Å²) in [4.78, 5) is 23.4. The summed E-state index contributed by atoms with van der Waals surface area (Å²) in [6, 6.07) is -0.843. The van der Waals surface area contributed by atoms with Crippen molar-refractivity contribution in [1.29, 1.82) is 0 Å². The van der Waals surface area contributed by atoms with Crippen molar-refractivity contribution >= 4 is 13.7 Å². The first-order valence-corrected chi connectivity index (χ1v) is 34.6. The first-order valence-electron chi connectivity index (χ1n) is 33.1. The number of rotatable bonds is 62. The number of nitrogens with zero attached hydrogens (tertiary/aromatic N) is 1. The van der Waals surface area contributed by atoms with Crippen molar-refractivity contribution in [3.8, 4) is 0 Å². The third-order valence-corrected chi connectivity index (χ3v) is 16.5. The summed E-state index contributed by atoms with van der Waals surface area (Å²) in [6.45, 7) is 4.88. The van der Waals surface area contributed by atoms with Gasteiger partial charge in [-0.1, -0.05) is 334 Å². The maximum Gasteiger partial charge on any atom is 0.472 e. The molecule has 0 saturated carbocycles. The molecule has 3 atom stereocenters. The number of carbonyl (C=O) groups is 1. The highest BCUT2D eigenvalue weighted by Gasteiger charge is 2.28. The zero-order valence-corrected chi connectivity index (χ0v) is 51.5. The van der Waals surface area contributed by atoms with Gasteiger partial charge in [0.05, 0.1) is 39.9 Å². The summed E-state index contributed by atoms with van der Waals surface area (Å²) < 4.78 is 23.8. The van der Waals surface area contributed by atoms with Gasteiger partial charge in [-0.2, -0.15) is 0 Å². The zero-order chi connectivity index (χ0) is 54.2. The molecule has 0 aliphatic rings. The van der Waals surface area contributed by atoms with Gasteiger partial charge >= 0.3 is 7.82 Å². The Hall–Kier alpha value is -0.760. The monoisotopic (exact) mass is 1070 g/mol. The lowest BCUT2D eigenvalue weighted by molar-refractivity contribution is -0.870. The van der Waals surface area contributed by atoms with Gasteiger partial charge in [0.25, 0.3) is 0 Å². The van der Waals surface area contributed by atoms with Crippen molar-refractivity contribution in [1.82, 2.24) is 5.32 Å². The van der Waals surface area contributed by atoms with Crippen LogP contribution in [0.15, 0.2) is 12.2 Å². The number of hydrogen-bond donors (Lipinski definition) is 3. The average Bonchev–Trinajstić information content (AvgIpc) is 3.36. The lowest BCUT2D eigenvalue weighted by atomic mass is 10.0. The van der Waals surface area contributed by atoms with Crippen LogP contribution in [0.2, 0.25) is 0 Å². The molecule has 0 heterocycles. The van der Waals surface area contributed by atoms with Gasteiger partial charge in [0.1, 0.15) is 13.2 Å². The third kappa shape index (κ3) is 58.9. The van der Waals surface area contributed by atoms with Crippen LogP contribution in [-0.4, -0.2) is 73.4 Å². The maximum absolute atomic E-state index is 13.0. The van der Waals surface area contributed by atoms with Gasteiger partial charge in [-0.3, -0.25) is 13.8 Å². The predicted molar refractivity (Wildman–Crippen MR) is 323 cm³/mol. The molecule has 0 saturated heterocycles. The highest BCUT2D eigenvalue weighted by atomic mass is 31.2. The summed E-state index contributed by atoms with van der Waals surface area (Å²) in [5.74, 6) is -0.167. The summed E-state index contributed by atoms with van der Waals surface area (Å²) in [6.07, 6.45) is 72.0. The standard InChI is InChI=1S/C65H131N2O6P/c1-6-8-10-12-14-16-18-20-22-24-26-28-30-31-32-33-34-35-37-39-41-43-45-47-49-51-53-55-57-59-65(69)66-63(62-73-74(70,71)72-61-60-67(3,4)5)64(68)58-56-54-52-50-48-46-44-42-40-38-36-29-27-25-23-21-19-17-15-13-11-9-7-2/h56,58,63-64,68H,6-55,57,59-62H2,1-5H3,(H-,66,69,70,71)/p+1/b58-56+. The largest absolute Gasteiger partial charge is 0.472 e. The Balaban J connectivity index is 4.06. The number of allylic oxidation sites excluding steroid dienone is 1. The van der Waals surface area contributed by atoms with E-state index in [4.69, 9.17) is 9.05 Å². The Morgan fingerprint density at radius 1 is 0.446 bits per heavy atom. The fraction of sp³-hybridized carbons (Fsp3) is 0.954. The lowest BCUT2D eigenvalue weighted by Gasteiger charge is -2.25. The molecular formula is C65H132N2O6P+. The number of likely N-dealkylation sites (N-methyl/N-ethyl adjacent to an activating group) is 1. The molecule has 0 radical (unpaired) electrons. The Morgan fingerprint density at radius 3 is 1.00 bits per heavy atom. The molecule has 3 unspecified atom stereocenters. The topological polar surface area (TPSA) is 105 Å². The van der Waals surface area contributed by atoms with E-state index in [1.807, 2.05) is 27.2 Å². The SMILES string of the molecule is CCCCCCCCCCCCCCCCCCCCCCC/C=C/C(O)C(COP(=O)(O)OCC[N+](C)(C)C)NC(=O)CCCCCCCCCCCCCCCCCCCCCCCCCCCCCCC. The molecule has 442 valence electrons. The summed E-state index contributed by atoms with van der Waals surface area (Å²) in [7, 11) is 1.59. The quantitative estimate of drug-likeness (QED) is 0.0243. The maximum atomic E-state index is 13.0. The molecule has 0 fully saturated rings. The van der Waals surface area contributed by atoms with Gasteiger partial charge in [-0.25, -0.2) is 4.57 Å². The number of aliphatic hydroxyl groups excluding tert-OH is 1. The van der Waals surface area contributed by atoms with Gasteiger partial charge in [0, 0.05) is 6.42 Å². The molecule has 1 amide bonds. The normalized spacial score (nSPS) is 13.8. The first kappa shape index (κ1) is 73.2. The molecule has 0 aromatic heterocycles. The highest BCUT2D eigenvalue weighted by Crippen LogP contribution is 2.43. The van der Waals surface area contributed by atoms with Crippen LogP contribution in [-0.2, 0) is 18.4 Å².